The fourth-order valence-electron chi connectivity index (χ4n) is 1.28. The summed E-state index contributed by atoms with van der Waals surface area (Å²) in [6.45, 7) is 1.69. The van der Waals surface area contributed by atoms with Crippen molar-refractivity contribution in [2.45, 2.75) is 19.3 Å². The lowest BCUT2D eigenvalue weighted by Crippen LogP contribution is -2.24. The van der Waals surface area contributed by atoms with Gasteiger partial charge in [-0.1, -0.05) is 6.07 Å². The van der Waals surface area contributed by atoms with Gasteiger partial charge >= 0.3 is 0 Å². The maximum atomic E-state index is 8.93. The molecule has 0 unspecified atom stereocenters. The molecule has 0 aliphatic carbocycles. The lowest BCUT2D eigenvalue weighted by Gasteiger charge is -2.22. The van der Waals surface area contributed by atoms with E-state index in [1.807, 2.05) is 6.07 Å². The van der Waals surface area contributed by atoms with Crippen molar-refractivity contribution in [1.29, 1.82) is 0 Å². The normalized spacial score (nSPS) is 17.6. The van der Waals surface area contributed by atoms with Gasteiger partial charge in [-0.3, -0.25) is 0 Å². The van der Waals surface area contributed by atoms with Crippen molar-refractivity contribution in [3.8, 4) is 0 Å². The van der Waals surface area contributed by atoms with Crippen LogP contribution < -0.4 is 0 Å². The van der Waals surface area contributed by atoms with Crippen LogP contribution in [0, 0.1) is 0 Å². The summed E-state index contributed by atoms with van der Waals surface area (Å²) in [4.78, 5) is 4.20. The summed E-state index contributed by atoms with van der Waals surface area (Å²) in [6.07, 6.45) is 2.96. The van der Waals surface area contributed by atoms with E-state index in [4.69, 9.17) is 14.6 Å². The van der Waals surface area contributed by atoms with Crippen molar-refractivity contribution in [3.63, 3.8) is 0 Å². The molecule has 0 saturated heterocycles. The number of aliphatic hydroxyl groups is 1. The average Bonchev–Trinajstić information content (AvgIpc) is 2.67. The second kappa shape index (κ2) is 3.31. The second-order valence-corrected chi connectivity index (χ2v) is 3.13. The Balaban J connectivity index is 2.31. The van der Waals surface area contributed by atoms with Crippen LogP contribution in [0.25, 0.3) is 0 Å². The lowest BCUT2D eigenvalue weighted by molar-refractivity contribution is -0.136. The van der Waals surface area contributed by atoms with Crippen molar-refractivity contribution in [2.24, 2.45) is 0 Å². The number of rotatable bonds is 2. The highest BCUT2D eigenvalue weighted by Crippen LogP contribution is 2.29. The molecule has 0 radical (unpaired) electrons. The van der Waals surface area contributed by atoms with E-state index < -0.39 is 5.79 Å². The number of hydrogen-bond donors (Lipinski definition) is 1. The van der Waals surface area contributed by atoms with Gasteiger partial charge in [0.05, 0.1) is 12.3 Å². The summed E-state index contributed by atoms with van der Waals surface area (Å²) in [5.74, 6) is -0.856. The SMILES string of the molecule is CC1(c2cccc(CO)n2)OC=CO1. The van der Waals surface area contributed by atoms with Gasteiger partial charge in [-0.25, -0.2) is 4.98 Å². The topological polar surface area (TPSA) is 51.6 Å². The van der Waals surface area contributed by atoms with Crippen molar-refractivity contribution in [1.82, 2.24) is 4.98 Å². The number of hydrogen-bond acceptors (Lipinski definition) is 4. The third-order valence-electron chi connectivity index (χ3n) is 2.08. The Morgan fingerprint density at radius 1 is 1.36 bits per heavy atom. The summed E-state index contributed by atoms with van der Waals surface area (Å²) in [6, 6.07) is 5.35. The second-order valence-electron chi connectivity index (χ2n) is 3.13. The summed E-state index contributed by atoms with van der Waals surface area (Å²) in [7, 11) is 0. The average molecular weight is 193 g/mol. The van der Waals surface area contributed by atoms with E-state index in [1.165, 1.54) is 12.5 Å². The zero-order valence-electron chi connectivity index (χ0n) is 7.80. The molecule has 0 spiro atoms. The van der Waals surface area contributed by atoms with Crippen molar-refractivity contribution >= 4 is 0 Å². The molecule has 0 fully saturated rings. The number of pyridine rings is 1. The molecule has 0 aromatic carbocycles. The van der Waals surface area contributed by atoms with E-state index in [0.29, 0.717) is 11.4 Å². The minimum Gasteiger partial charge on any atom is -0.452 e. The molecule has 1 aromatic heterocycles. The first-order valence-electron chi connectivity index (χ1n) is 4.32. The molecule has 1 aromatic rings. The van der Waals surface area contributed by atoms with Crippen LogP contribution >= 0.6 is 0 Å². The molecule has 0 amide bonds. The zero-order valence-corrected chi connectivity index (χ0v) is 7.80. The van der Waals surface area contributed by atoms with Crippen LogP contribution in [-0.2, 0) is 21.9 Å². The third kappa shape index (κ3) is 1.44. The number of nitrogens with zero attached hydrogens (tertiary/aromatic N) is 1. The molecule has 0 saturated carbocycles. The van der Waals surface area contributed by atoms with Crippen molar-refractivity contribution < 1.29 is 14.6 Å². The Labute approximate surface area is 81.8 Å². The Morgan fingerprint density at radius 3 is 2.71 bits per heavy atom. The lowest BCUT2D eigenvalue weighted by atomic mass is 10.2. The zero-order chi connectivity index (χ0) is 10.0. The van der Waals surface area contributed by atoms with Crippen LogP contribution in [0.3, 0.4) is 0 Å². The van der Waals surface area contributed by atoms with Gasteiger partial charge in [0, 0.05) is 6.92 Å². The highest BCUT2D eigenvalue weighted by Gasteiger charge is 2.33. The van der Waals surface area contributed by atoms with Crippen LogP contribution in [0.1, 0.15) is 18.3 Å². The molecule has 2 heterocycles. The van der Waals surface area contributed by atoms with E-state index in [9.17, 15) is 0 Å². The van der Waals surface area contributed by atoms with Crippen molar-refractivity contribution in [2.75, 3.05) is 0 Å². The number of ether oxygens (including phenoxy) is 2. The van der Waals surface area contributed by atoms with Crippen LogP contribution in [-0.4, -0.2) is 10.1 Å². The molecule has 0 bridgehead atoms. The molecule has 1 aliphatic heterocycles. The Morgan fingerprint density at radius 2 is 2.07 bits per heavy atom. The molecule has 4 heteroatoms. The first-order chi connectivity index (χ1) is 6.74. The smallest absolute Gasteiger partial charge is 0.290 e. The van der Waals surface area contributed by atoms with E-state index in [-0.39, 0.29) is 6.61 Å². The molecule has 1 aliphatic rings. The van der Waals surface area contributed by atoms with Gasteiger partial charge in [-0.2, -0.15) is 0 Å². The van der Waals surface area contributed by atoms with Crippen LogP contribution in [0.2, 0.25) is 0 Å². The molecule has 0 atom stereocenters. The Hall–Kier alpha value is -1.55. The predicted molar refractivity (Wildman–Crippen MR) is 48.8 cm³/mol. The quantitative estimate of drug-likeness (QED) is 0.768. The minimum atomic E-state index is -0.856. The molecule has 4 nitrogen and oxygen atoms in total. The molecule has 14 heavy (non-hydrogen) atoms. The van der Waals surface area contributed by atoms with Gasteiger partial charge < -0.3 is 14.6 Å². The van der Waals surface area contributed by atoms with Gasteiger partial charge in [0.25, 0.3) is 5.79 Å². The first-order valence-corrected chi connectivity index (χ1v) is 4.32. The number of aromatic nitrogens is 1. The first kappa shape index (κ1) is 9.02. The van der Waals surface area contributed by atoms with Crippen LogP contribution in [0.15, 0.2) is 30.7 Å². The van der Waals surface area contributed by atoms with E-state index in [2.05, 4.69) is 4.98 Å². The fraction of sp³-hybridized carbons (Fsp3) is 0.300. The van der Waals surface area contributed by atoms with Gasteiger partial charge in [0.2, 0.25) is 0 Å². The van der Waals surface area contributed by atoms with E-state index in [1.54, 1.807) is 19.1 Å². The number of aliphatic hydroxyl groups excluding tert-OH is 1. The van der Waals surface area contributed by atoms with E-state index in [0.717, 1.165) is 0 Å². The van der Waals surface area contributed by atoms with Crippen LogP contribution in [0.4, 0.5) is 0 Å². The molecular weight excluding hydrogens is 182 g/mol. The predicted octanol–water partition coefficient (Wildman–Crippen LogP) is 1.26. The van der Waals surface area contributed by atoms with Crippen LogP contribution in [0.5, 0.6) is 0 Å². The molecule has 2 rings (SSSR count). The summed E-state index contributed by atoms with van der Waals surface area (Å²) < 4.78 is 10.6. The van der Waals surface area contributed by atoms with Gasteiger partial charge in [-0.15, -0.1) is 0 Å². The summed E-state index contributed by atoms with van der Waals surface area (Å²) >= 11 is 0. The Bertz CT molecular complexity index is 354. The van der Waals surface area contributed by atoms with Gasteiger partial charge in [-0.05, 0) is 12.1 Å². The summed E-state index contributed by atoms with van der Waals surface area (Å²) in [5, 5.41) is 8.93. The third-order valence-corrected chi connectivity index (χ3v) is 2.08. The summed E-state index contributed by atoms with van der Waals surface area (Å²) in [5.41, 5.74) is 1.25. The van der Waals surface area contributed by atoms with Crippen molar-refractivity contribution in [3.05, 3.63) is 42.1 Å². The largest absolute Gasteiger partial charge is 0.452 e. The highest BCUT2D eigenvalue weighted by atomic mass is 16.7. The monoisotopic (exact) mass is 193 g/mol. The Kier molecular flexibility index (Phi) is 2.13. The fourth-order valence-corrected chi connectivity index (χ4v) is 1.28. The molecule has 1 N–H and O–H groups in total. The maximum absolute atomic E-state index is 8.93. The minimum absolute atomic E-state index is 0.0860. The van der Waals surface area contributed by atoms with Gasteiger partial charge in [0.1, 0.15) is 18.2 Å². The highest BCUT2D eigenvalue weighted by molar-refractivity contribution is 5.15. The standard InChI is InChI=1S/C10H11NO3/c1-10(13-5-6-14-10)9-4-2-3-8(7-12)11-9/h2-6,12H,7H2,1H3. The molecule has 74 valence electrons. The van der Waals surface area contributed by atoms with E-state index >= 15 is 0 Å². The maximum Gasteiger partial charge on any atom is 0.290 e. The molecular formula is C10H11NO3. The van der Waals surface area contributed by atoms with Gasteiger partial charge in [0.15, 0.2) is 0 Å².